The molecule has 0 aromatic carbocycles. The molecule has 2 fully saturated rings. The zero-order chi connectivity index (χ0) is 36.0. The molecule has 0 radical (unpaired) electrons. The molecule has 2 amide bonds. The molecule has 0 saturated carbocycles. The molecule has 6 heterocycles. The highest BCUT2D eigenvalue weighted by atomic mass is 16.5. The van der Waals surface area contributed by atoms with Crippen LogP contribution < -0.4 is 15.1 Å². The first-order valence-electron chi connectivity index (χ1n) is 17.9. The molecule has 12 heteroatoms. The second-order valence-electron chi connectivity index (χ2n) is 15.1. The van der Waals surface area contributed by atoms with Crippen molar-refractivity contribution in [3.63, 3.8) is 0 Å². The Morgan fingerprint density at radius 2 is 1.92 bits per heavy atom. The van der Waals surface area contributed by atoms with Crippen molar-refractivity contribution in [3.05, 3.63) is 83.1 Å². The van der Waals surface area contributed by atoms with E-state index in [4.69, 9.17) is 4.74 Å². The van der Waals surface area contributed by atoms with E-state index in [0.29, 0.717) is 54.1 Å². The molecule has 4 aliphatic rings. The third kappa shape index (κ3) is 6.58. The Labute approximate surface area is 299 Å². The largest absolute Gasteiger partial charge is 0.378 e. The molecule has 0 bridgehead atoms. The van der Waals surface area contributed by atoms with Gasteiger partial charge in [0.1, 0.15) is 23.0 Å². The summed E-state index contributed by atoms with van der Waals surface area (Å²) in [6, 6.07) is 8.51. The summed E-state index contributed by atoms with van der Waals surface area (Å²) in [6.07, 6.45) is 8.65. The molecule has 3 aromatic heterocycles. The number of piperazine rings is 1. The number of likely N-dealkylation sites (N-methyl/N-ethyl adjacent to an activating group) is 1. The van der Waals surface area contributed by atoms with Crippen LogP contribution >= 0.6 is 0 Å². The monoisotopic (exact) mass is 692 g/mol. The predicted molar refractivity (Wildman–Crippen MR) is 198 cm³/mol. The minimum absolute atomic E-state index is 0.179. The molecule has 268 valence electrons. The molecule has 1 N–H and O–H groups in total. The van der Waals surface area contributed by atoms with E-state index in [2.05, 4.69) is 57.0 Å². The zero-order valence-corrected chi connectivity index (χ0v) is 30.3. The number of hydrogen-bond donors (Lipinski definition) is 1. The molecule has 7 rings (SSSR count). The molecule has 3 aliphatic heterocycles. The molecule has 3 aromatic rings. The van der Waals surface area contributed by atoms with Gasteiger partial charge in [-0.3, -0.25) is 24.2 Å². The number of aromatic nitrogens is 3. The number of ether oxygens (including phenoxy) is 1. The molecule has 0 unspecified atom stereocenters. The maximum Gasteiger partial charge on any atom is 0.276 e. The van der Waals surface area contributed by atoms with Crippen LogP contribution in [0.3, 0.4) is 0 Å². The number of carbonyl (C=O) groups is 3. The normalized spacial score (nSPS) is 20.5. The lowest BCUT2D eigenvalue weighted by atomic mass is 9.90. The highest BCUT2D eigenvalue weighted by Gasteiger charge is 2.38. The van der Waals surface area contributed by atoms with Gasteiger partial charge in [-0.1, -0.05) is 27.4 Å². The molecule has 1 atom stereocenters. The van der Waals surface area contributed by atoms with E-state index < -0.39 is 0 Å². The minimum atomic E-state index is -0.283. The van der Waals surface area contributed by atoms with Crippen molar-refractivity contribution < 1.29 is 19.1 Å². The van der Waals surface area contributed by atoms with Crippen LogP contribution in [0.15, 0.2) is 55.0 Å². The van der Waals surface area contributed by atoms with Crippen molar-refractivity contribution in [1.82, 2.24) is 24.3 Å². The van der Waals surface area contributed by atoms with Gasteiger partial charge in [0.15, 0.2) is 6.29 Å². The van der Waals surface area contributed by atoms with Crippen LogP contribution in [0.1, 0.15) is 64.9 Å². The third-order valence-electron chi connectivity index (χ3n) is 10.7. The van der Waals surface area contributed by atoms with Gasteiger partial charge in [-0.05, 0) is 71.7 Å². The van der Waals surface area contributed by atoms with Crippen LogP contribution in [0, 0.1) is 5.41 Å². The van der Waals surface area contributed by atoms with Crippen molar-refractivity contribution in [2.75, 3.05) is 68.6 Å². The number of allylic oxidation sites excluding steroid dienone is 2. The van der Waals surface area contributed by atoms with E-state index >= 15 is 0 Å². The first-order chi connectivity index (χ1) is 24.5. The van der Waals surface area contributed by atoms with Crippen molar-refractivity contribution in [3.8, 4) is 0 Å². The minimum Gasteiger partial charge on any atom is -0.378 e. The van der Waals surface area contributed by atoms with Crippen LogP contribution in [-0.4, -0.2) is 108 Å². The van der Waals surface area contributed by atoms with Gasteiger partial charge < -0.3 is 24.4 Å². The predicted octanol–water partition coefficient (Wildman–Crippen LogP) is 4.27. The van der Waals surface area contributed by atoms with Crippen molar-refractivity contribution in [1.29, 1.82) is 0 Å². The van der Waals surface area contributed by atoms with Gasteiger partial charge in [0.2, 0.25) is 0 Å². The van der Waals surface area contributed by atoms with Crippen molar-refractivity contribution in [2.24, 2.45) is 5.41 Å². The highest BCUT2D eigenvalue weighted by Crippen LogP contribution is 2.40. The molecule has 0 spiro atoms. The van der Waals surface area contributed by atoms with E-state index in [9.17, 15) is 14.4 Å². The number of nitrogens with one attached hydrogen (secondary N) is 1. The van der Waals surface area contributed by atoms with Crippen molar-refractivity contribution in [2.45, 2.75) is 58.7 Å². The second kappa shape index (κ2) is 13.7. The zero-order valence-electron chi connectivity index (χ0n) is 30.3. The van der Waals surface area contributed by atoms with Gasteiger partial charge >= 0.3 is 0 Å². The lowest BCUT2D eigenvalue weighted by molar-refractivity contribution is -0.124. The van der Waals surface area contributed by atoms with Gasteiger partial charge in [0.25, 0.3) is 11.8 Å². The summed E-state index contributed by atoms with van der Waals surface area (Å²) < 4.78 is 7.56. The summed E-state index contributed by atoms with van der Waals surface area (Å²) >= 11 is 0. The van der Waals surface area contributed by atoms with Crippen LogP contribution in [0.2, 0.25) is 0 Å². The number of rotatable bonds is 10. The van der Waals surface area contributed by atoms with Crippen molar-refractivity contribution >= 4 is 41.0 Å². The Kier molecular flexibility index (Phi) is 9.32. The average molecular weight is 693 g/mol. The summed E-state index contributed by atoms with van der Waals surface area (Å²) in [6.45, 7) is 16.5. The van der Waals surface area contributed by atoms with Gasteiger partial charge in [0.05, 0.1) is 36.7 Å². The SMILES string of the molecule is C=C(/C=C(/Nc1ccc(N2CCN(C3COC3)C[C@@H]2CC)cn1)C(=O)N(C)C)c1ccnc(N2CCn3c(cc4c3CC(C)(C)C4)C2=O)c1C=O. The molecule has 2 saturated heterocycles. The number of fused-ring (bicyclic) bond motifs is 3. The fourth-order valence-corrected chi connectivity index (χ4v) is 7.93. The molecule has 51 heavy (non-hydrogen) atoms. The van der Waals surface area contributed by atoms with Crippen LogP contribution in [0.4, 0.5) is 17.3 Å². The van der Waals surface area contributed by atoms with Gasteiger partial charge in [-0.15, -0.1) is 0 Å². The van der Waals surface area contributed by atoms with E-state index in [-0.39, 0.29) is 34.3 Å². The Hall–Kier alpha value is -4.81. The maximum atomic E-state index is 13.8. The summed E-state index contributed by atoms with van der Waals surface area (Å²) in [5, 5.41) is 3.20. The Morgan fingerprint density at radius 1 is 1.12 bits per heavy atom. The van der Waals surface area contributed by atoms with Crippen LogP contribution in [-0.2, 0) is 28.9 Å². The number of nitrogens with zero attached hydrogens (tertiary/aromatic N) is 7. The van der Waals surface area contributed by atoms with Gasteiger partial charge in [-0.2, -0.15) is 0 Å². The number of aldehydes is 1. The summed E-state index contributed by atoms with van der Waals surface area (Å²) in [5.41, 5.74) is 5.70. The van der Waals surface area contributed by atoms with Crippen LogP contribution in [0.5, 0.6) is 0 Å². The molecular formula is C39H48N8O4. The summed E-state index contributed by atoms with van der Waals surface area (Å²) in [4.78, 5) is 57.1. The first kappa shape index (κ1) is 34.6. The number of anilines is 3. The van der Waals surface area contributed by atoms with Gasteiger partial charge in [-0.25, -0.2) is 9.97 Å². The number of pyridine rings is 2. The Balaban J connectivity index is 1.11. The third-order valence-corrected chi connectivity index (χ3v) is 10.7. The summed E-state index contributed by atoms with van der Waals surface area (Å²) in [7, 11) is 3.35. The van der Waals surface area contributed by atoms with E-state index in [0.717, 1.165) is 57.8 Å². The fraction of sp³-hybridized carbons (Fsp3) is 0.462. The fourth-order valence-electron chi connectivity index (χ4n) is 7.93. The smallest absolute Gasteiger partial charge is 0.276 e. The first-order valence-corrected chi connectivity index (χ1v) is 17.9. The van der Waals surface area contributed by atoms with E-state index in [1.807, 2.05) is 24.4 Å². The molecular weight excluding hydrogens is 644 g/mol. The van der Waals surface area contributed by atoms with E-state index in [1.165, 1.54) is 16.2 Å². The Bertz CT molecular complexity index is 1890. The van der Waals surface area contributed by atoms with Gasteiger partial charge in [0, 0.05) is 64.8 Å². The second-order valence-corrected chi connectivity index (χ2v) is 15.1. The lowest BCUT2D eigenvalue weighted by Gasteiger charge is -2.47. The lowest BCUT2D eigenvalue weighted by Crippen LogP contribution is -2.60. The highest BCUT2D eigenvalue weighted by molar-refractivity contribution is 6.09. The maximum absolute atomic E-state index is 13.8. The Morgan fingerprint density at radius 3 is 2.59 bits per heavy atom. The number of hydrogen-bond acceptors (Lipinski definition) is 9. The van der Waals surface area contributed by atoms with Crippen LogP contribution in [0.25, 0.3) is 5.57 Å². The standard InChI is InChI=1S/C39H48N8O4/c1-7-27-21-44(29-23-51-24-29)12-13-45(27)28-8-9-35(41-20-28)42-32(37(49)43(5)6)16-25(2)30-10-11-40-36(31(30)22-48)47-15-14-46-33(38(47)50)17-26-18-39(3,4)19-34(26)46/h8-11,16-17,20,22,27,29H,2,7,12-15,18-19,21,23-24H2,1,3-6H3,(H,41,42)/b32-16+/t27-/m0/s1. The number of carbonyl (C=O) groups excluding carboxylic acids is 3. The topological polar surface area (TPSA) is 116 Å². The average Bonchev–Trinajstić information content (AvgIpc) is 3.59. The summed E-state index contributed by atoms with van der Waals surface area (Å²) in [5.74, 6) is 0.332. The van der Waals surface area contributed by atoms with E-state index in [1.54, 1.807) is 37.3 Å². The quantitative estimate of drug-likeness (QED) is 0.189. The molecule has 12 nitrogen and oxygen atoms in total. The molecule has 1 aliphatic carbocycles. The number of amides is 2.